The molecule has 1 atom stereocenters. The molecule has 0 bridgehead atoms. The Morgan fingerprint density at radius 3 is 2.71 bits per heavy atom. The Balaban J connectivity index is 1.64. The number of carbonyl (C=O) groups excluding carboxylic acids is 3. The van der Waals surface area contributed by atoms with Crippen molar-refractivity contribution >= 4 is 23.8 Å². The molecule has 0 fully saturated rings. The van der Waals surface area contributed by atoms with Gasteiger partial charge in [0, 0.05) is 25.1 Å². The Hall–Kier alpha value is -3.02. The fraction of sp³-hybridized carbons (Fsp3) is 0.483. The first-order valence-corrected chi connectivity index (χ1v) is 12.7. The highest BCUT2D eigenvalue weighted by atomic mass is 19.1. The maximum absolute atomic E-state index is 15.0. The molecule has 0 spiro atoms. The molecule has 35 heavy (non-hydrogen) atoms. The number of halogens is 1. The predicted octanol–water partition coefficient (Wildman–Crippen LogP) is 5.44. The molecule has 186 valence electrons. The van der Waals surface area contributed by atoms with Gasteiger partial charge in [-0.15, -0.1) is 0 Å². The van der Waals surface area contributed by atoms with Gasteiger partial charge in [0.15, 0.2) is 0 Å². The van der Waals surface area contributed by atoms with Gasteiger partial charge in [-0.05, 0) is 77.5 Å². The topological polar surface area (TPSA) is 66.5 Å². The number of rotatable bonds is 8. The van der Waals surface area contributed by atoms with E-state index in [-0.39, 0.29) is 29.5 Å². The molecular formula is C29H35FN2O3. The largest absolute Gasteiger partial charge is 0.326 e. The van der Waals surface area contributed by atoms with Crippen LogP contribution in [0.4, 0.5) is 10.1 Å². The van der Waals surface area contributed by atoms with E-state index in [9.17, 15) is 14.4 Å². The first-order chi connectivity index (χ1) is 16.7. The summed E-state index contributed by atoms with van der Waals surface area (Å²) >= 11 is 0. The van der Waals surface area contributed by atoms with E-state index in [0.29, 0.717) is 31.5 Å². The fourth-order valence-corrected chi connectivity index (χ4v) is 5.63. The number of aldehydes is 1. The van der Waals surface area contributed by atoms with Crippen molar-refractivity contribution in [2.75, 3.05) is 11.9 Å². The smallest absolute Gasteiger partial charge is 0.251 e. The molecule has 2 amide bonds. The van der Waals surface area contributed by atoms with Gasteiger partial charge < -0.3 is 15.0 Å². The number of anilines is 1. The highest BCUT2D eigenvalue weighted by molar-refractivity contribution is 5.98. The third kappa shape index (κ3) is 5.16. The molecule has 4 rings (SSSR count). The van der Waals surface area contributed by atoms with Crippen LogP contribution in [-0.4, -0.2) is 29.5 Å². The Bertz CT molecular complexity index is 1140. The molecule has 2 aromatic carbocycles. The lowest BCUT2D eigenvalue weighted by Crippen LogP contribution is -2.45. The Morgan fingerprint density at radius 2 is 1.97 bits per heavy atom. The molecule has 1 heterocycles. The summed E-state index contributed by atoms with van der Waals surface area (Å²) in [4.78, 5) is 39.0. The molecule has 1 N–H and O–H groups in total. The van der Waals surface area contributed by atoms with E-state index in [2.05, 4.69) is 18.3 Å². The molecule has 1 aliphatic heterocycles. The van der Waals surface area contributed by atoms with E-state index < -0.39 is 6.04 Å². The van der Waals surface area contributed by atoms with Crippen molar-refractivity contribution < 1.29 is 18.8 Å². The molecule has 0 aromatic heterocycles. The standard InChI is InChI=1S/C29H35FN2O3/c1-4-7-19-9-10-23-20(16-19)12-14-32(25(34)8-5-6-15-33)27(23)28(35)31-22-17-21-11-13-29(2,3)26(21)24(30)18-22/h9-10,15-18,27H,4-8,11-14H2,1-3H3,(H,31,35). The van der Waals surface area contributed by atoms with E-state index >= 15 is 4.39 Å². The van der Waals surface area contributed by atoms with Crippen molar-refractivity contribution in [3.8, 4) is 0 Å². The summed E-state index contributed by atoms with van der Waals surface area (Å²) in [6, 6.07) is 8.61. The number of fused-ring (bicyclic) bond motifs is 2. The van der Waals surface area contributed by atoms with Gasteiger partial charge in [-0.1, -0.05) is 45.4 Å². The van der Waals surface area contributed by atoms with Gasteiger partial charge in [-0.3, -0.25) is 9.59 Å². The van der Waals surface area contributed by atoms with E-state index in [1.165, 1.54) is 11.6 Å². The lowest BCUT2D eigenvalue weighted by atomic mass is 9.86. The zero-order valence-electron chi connectivity index (χ0n) is 21.0. The second-order valence-electron chi connectivity index (χ2n) is 10.4. The van der Waals surface area contributed by atoms with Crippen LogP contribution in [0.1, 0.15) is 86.7 Å². The number of unbranched alkanes of at least 4 members (excludes halogenated alkanes) is 1. The van der Waals surface area contributed by atoms with Crippen molar-refractivity contribution in [3.63, 3.8) is 0 Å². The third-order valence-corrected chi connectivity index (χ3v) is 7.39. The molecule has 2 aromatic rings. The first-order valence-electron chi connectivity index (χ1n) is 12.7. The quantitative estimate of drug-likeness (QED) is 0.406. The minimum atomic E-state index is -0.786. The van der Waals surface area contributed by atoms with Gasteiger partial charge in [-0.25, -0.2) is 4.39 Å². The van der Waals surface area contributed by atoms with Crippen LogP contribution >= 0.6 is 0 Å². The van der Waals surface area contributed by atoms with Crippen molar-refractivity contribution in [2.45, 2.75) is 83.6 Å². The van der Waals surface area contributed by atoms with E-state index in [1.54, 1.807) is 4.90 Å². The number of aryl methyl sites for hydroxylation is 2. The summed E-state index contributed by atoms with van der Waals surface area (Å²) < 4.78 is 15.0. The van der Waals surface area contributed by atoms with Crippen LogP contribution in [-0.2, 0) is 39.1 Å². The number of hydrogen-bond acceptors (Lipinski definition) is 3. The van der Waals surface area contributed by atoms with E-state index in [1.807, 2.05) is 32.0 Å². The summed E-state index contributed by atoms with van der Waals surface area (Å²) in [5.41, 5.74) is 4.99. The lowest BCUT2D eigenvalue weighted by molar-refractivity contribution is -0.139. The number of hydrogen-bond donors (Lipinski definition) is 1. The van der Waals surface area contributed by atoms with Gasteiger partial charge in [0.2, 0.25) is 5.91 Å². The molecular weight excluding hydrogens is 443 g/mol. The number of amides is 2. The molecule has 5 nitrogen and oxygen atoms in total. The van der Waals surface area contributed by atoms with Gasteiger partial charge >= 0.3 is 0 Å². The van der Waals surface area contributed by atoms with Crippen LogP contribution in [0.15, 0.2) is 30.3 Å². The molecule has 1 unspecified atom stereocenters. The van der Waals surface area contributed by atoms with Gasteiger partial charge in [-0.2, -0.15) is 0 Å². The van der Waals surface area contributed by atoms with Crippen LogP contribution < -0.4 is 5.32 Å². The van der Waals surface area contributed by atoms with Crippen molar-refractivity contribution in [2.24, 2.45) is 0 Å². The first kappa shape index (κ1) is 25.1. The van der Waals surface area contributed by atoms with Crippen LogP contribution in [0.5, 0.6) is 0 Å². The van der Waals surface area contributed by atoms with Gasteiger partial charge in [0.05, 0.1) is 0 Å². The highest BCUT2D eigenvalue weighted by Crippen LogP contribution is 2.41. The van der Waals surface area contributed by atoms with E-state index in [4.69, 9.17) is 0 Å². The second kappa shape index (κ2) is 10.3. The summed E-state index contributed by atoms with van der Waals surface area (Å²) in [7, 11) is 0. The van der Waals surface area contributed by atoms with Crippen LogP contribution in [0.3, 0.4) is 0 Å². The monoisotopic (exact) mass is 478 g/mol. The fourth-order valence-electron chi connectivity index (χ4n) is 5.63. The van der Waals surface area contributed by atoms with Crippen molar-refractivity contribution in [1.29, 1.82) is 0 Å². The summed E-state index contributed by atoms with van der Waals surface area (Å²) in [5, 5.41) is 2.91. The van der Waals surface area contributed by atoms with Gasteiger partial charge in [0.25, 0.3) is 5.91 Å². The van der Waals surface area contributed by atoms with E-state index in [0.717, 1.165) is 54.2 Å². The van der Waals surface area contributed by atoms with Crippen molar-refractivity contribution in [1.82, 2.24) is 4.90 Å². The minimum absolute atomic E-state index is 0.142. The van der Waals surface area contributed by atoms with Crippen molar-refractivity contribution in [3.05, 3.63) is 64.0 Å². The highest BCUT2D eigenvalue weighted by Gasteiger charge is 2.37. The molecule has 0 saturated carbocycles. The molecule has 2 aliphatic rings. The summed E-state index contributed by atoms with van der Waals surface area (Å²) in [6.45, 7) is 6.65. The molecule has 0 saturated heterocycles. The number of nitrogens with one attached hydrogen (secondary N) is 1. The number of benzene rings is 2. The zero-order valence-corrected chi connectivity index (χ0v) is 21.0. The van der Waals surface area contributed by atoms with Crippen LogP contribution in [0, 0.1) is 5.82 Å². The van der Waals surface area contributed by atoms with Crippen LogP contribution in [0.25, 0.3) is 0 Å². The maximum atomic E-state index is 15.0. The Morgan fingerprint density at radius 1 is 1.17 bits per heavy atom. The normalized spacial score (nSPS) is 18.1. The average Bonchev–Trinajstić information content (AvgIpc) is 3.13. The zero-order chi connectivity index (χ0) is 25.2. The molecule has 6 heteroatoms. The minimum Gasteiger partial charge on any atom is -0.326 e. The third-order valence-electron chi connectivity index (χ3n) is 7.39. The Labute approximate surface area is 207 Å². The Kier molecular flexibility index (Phi) is 7.39. The molecule has 0 radical (unpaired) electrons. The SMILES string of the molecule is CCCc1ccc2c(c1)CCN(C(=O)CCCC=O)C2C(=O)Nc1cc(F)c2c(c1)CCC2(C)C. The van der Waals surface area contributed by atoms with Crippen LogP contribution in [0.2, 0.25) is 0 Å². The predicted molar refractivity (Wildman–Crippen MR) is 135 cm³/mol. The lowest BCUT2D eigenvalue weighted by Gasteiger charge is -2.37. The summed E-state index contributed by atoms with van der Waals surface area (Å²) in [5.74, 6) is -0.776. The number of carbonyl (C=O) groups is 3. The summed E-state index contributed by atoms with van der Waals surface area (Å²) in [6.07, 6.45) is 6.12. The van der Waals surface area contributed by atoms with Gasteiger partial charge in [0.1, 0.15) is 18.1 Å². The average molecular weight is 479 g/mol. The molecule has 1 aliphatic carbocycles. The second-order valence-corrected chi connectivity index (χ2v) is 10.4. The number of nitrogens with zero attached hydrogens (tertiary/aromatic N) is 1. The maximum Gasteiger partial charge on any atom is 0.251 e.